The Balaban J connectivity index is 1.81. The highest BCUT2D eigenvalue weighted by atomic mass is 32.1. The zero-order valence-electron chi connectivity index (χ0n) is 15.2. The SMILES string of the molecule is CC[NH+](CC)CCOC(=O)c1ccc(NC(=O)/C=C/c2cccs2)cc1. The number of amides is 1. The minimum Gasteiger partial charge on any atom is -0.456 e. The number of hydrogen-bond donors (Lipinski definition) is 2. The quantitative estimate of drug-likeness (QED) is 0.524. The molecule has 2 rings (SSSR count). The topological polar surface area (TPSA) is 59.8 Å². The van der Waals surface area contributed by atoms with Crippen molar-refractivity contribution in [1.82, 2.24) is 0 Å². The van der Waals surface area contributed by atoms with E-state index in [9.17, 15) is 9.59 Å². The predicted octanol–water partition coefficient (Wildman–Crippen LogP) is 2.48. The predicted molar refractivity (Wildman–Crippen MR) is 106 cm³/mol. The summed E-state index contributed by atoms with van der Waals surface area (Å²) >= 11 is 1.57. The smallest absolute Gasteiger partial charge is 0.338 e. The number of quaternary nitrogens is 1. The van der Waals surface area contributed by atoms with E-state index in [-0.39, 0.29) is 11.9 Å². The molecule has 0 saturated heterocycles. The van der Waals surface area contributed by atoms with Gasteiger partial charge in [-0.3, -0.25) is 4.79 Å². The van der Waals surface area contributed by atoms with Crippen molar-refractivity contribution in [3.8, 4) is 0 Å². The number of nitrogens with one attached hydrogen (secondary N) is 2. The normalized spacial score (nSPS) is 11.0. The molecule has 2 N–H and O–H groups in total. The van der Waals surface area contributed by atoms with Crippen LogP contribution in [-0.4, -0.2) is 38.1 Å². The Labute approximate surface area is 158 Å². The minimum atomic E-state index is -0.341. The van der Waals surface area contributed by atoms with Gasteiger partial charge >= 0.3 is 5.97 Å². The first kappa shape index (κ1) is 19.9. The van der Waals surface area contributed by atoms with E-state index < -0.39 is 0 Å². The molecule has 5 nitrogen and oxygen atoms in total. The molecule has 2 aromatic rings. The van der Waals surface area contributed by atoms with Crippen LogP contribution in [0.4, 0.5) is 5.69 Å². The van der Waals surface area contributed by atoms with Crippen molar-refractivity contribution in [2.45, 2.75) is 13.8 Å². The fourth-order valence-corrected chi connectivity index (χ4v) is 3.01. The maximum absolute atomic E-state index is 12.0. The van der Waals surface area contributed by atoms with Gasteiger partial charge in [-0.05, 0) is 55.6 Å². The van der Waals surface area contributed by atoms with E-state index in [2.05, 4.69) is 19.2 Å². The van der Waals surface area contributed by atoms with Crippen molar-refractivity contribution < 1.29 is 19.2 Å². The van der Waals surface area contributed by atoms with Crippen molar-refractivity contribution in [2.24, 2.45) is 0 Å². The first-order chi connectivity index (χ1) is 12.6. The molecule has 26 heavy (non-hydrogen) atoms. The number of anilines is 1. The average molecular weight is 373 g/mol. The summed E-state index contributed by atoms with van der Waals surface area (Å²) in [4.78, 5) is 26.4. The lowest BCUT2D eigenvalue weighted by atomic mass is 10.2. The highest BCUT2D eigenvalue weighted by molar-refractivity contribution is 7.10. The summed E-state index contributed by atoms with van der Waals surface area (Å²) in [7, 11) is 0. The van der Waals surface area contributed by atoms with Crippen molar-refractivity contribution in [3.05, 3.63) is 58.3 Å². The van der Waals surface area contributed by atoms with Gasteiger partial charge in [0.05, 0.1) is 18.7 Å². The first-order valence-electron chi connectivity index (χ1n) is 8.75. The summed E-state index contributed by atoms with van der Waals surface area (Å²) in [5.74, 6) is -0.553. The molecule has 0 saturated carbocycles. The van der Waals surface area contributed by atoms with E-state index in [1.165, 1.54) is 11.0 Å². The maximum Gasteiger partial charge on any atom is 0.338 e. The van der Waals surface area contributed by atoms with Crippen molar-refractivity contribution in [2.75, 3.05) is 31.6 Å². The van der Waals surface area contributed by atoms with E-state index in [1.54, 1.807) is 41.7 Å². The van der Waals surface area contributed by atoms with E-state index in [4.69, 9.17) is 4.74 Å². The summed E-state index contributed by atoms with van der Waals surface area (Å²) in [5.41, 5.74) is 1.11. The summed E-state index contributed by atoms with van der Waals surface area (Å²) in [6.45, 7) is 7.48. The van der Waals surface area contributed by atoms with Crippen molar-refractivity contribution >= 4 is 35.0 Å². The number of carbonyl (C=O) groups is 2. The molecular formula is C20H25N2O3S+. The van der Waals surface area contributed by atoms with Gasteiger partial charge in [-0.25, -0.2) is 4.79 Å². The van der Waals surface area contributed by atoms with Crippen LogP contribution >= 0.6 is 11.3 Å². The molecule has 0 aliphatic carbocycles. The third kappa shape index (κ3) is 6.46. The molecular weight excluding hydrogens is 348 g/mol. The third-order valence-corrected chi connectivity index (χ3v) is 4.86. The third-order valence-electron chi connectivity index (χ3n) is 4.02. The van der Waals surface area contributed by atoms with E-state index in [0.717, 1.165) is 24.5 Å². The fraction of sp³-hybridized carbons (Fsp3) is 0.300. The Hall–Kier alpha value is -2.44. The van der Waals surface area contributed by atoms with Gasteiger partial charge < -0.3 is 15.0 Å². The van der Waals surface area contributed by atoms with E-state index in [0.29, 0.717) is 17.9 Å². The molecule has 0 atom stereocenters. The Kier molecular flexibility index (Phi) is 8.05. The Morgan fingerprint density at radius 2 is 1.88 bits per heavy atom. The molecule has 0 unspecified atom stereocenters. The number of likely N-dealkylation sites (N-methyl/N-ethyl adjacent to an activating group) is 1. The standard InChI is InChI=1S/C20H24N2O3S/c1-3-22(4-2)13-14-25-20(24)16-7-9-17(10-8-16)21-19(23)12-11-18-6-5-15-26-18/h5-12,15H,3-4,13-14H2,1-2H3,(H,21,23)/p+1/b12-11+. The summed E-state index contributed by atoms with van der Waals surface area (Å²) in [5, 5.41) is 4.72. The molecule has 1 amide bonds. The van der Waals surface area contributed by atoms with Gasteiger partial charge in [-0.2, -0.15) is 0 Å². The molecule has 1 aromatic heterocycles. The first-order valence-corrected chi connectivity index (χ1v) is 9.63. The Morgan fingerprint density at radius 3 is 2.50 bits per heavy atom. The molecule has 0 aliphatic heterocycles. The number of hydrogen-bond acceptors (Lipinski definition) is 4. The summed E-state index contributed by atoms with van der Waals surface area (Å²) < 4.78 is 5.31. The number of benzene rings is 1. The molecule has 0 aliphatic rings. The second-order valence-electron chi connectivity index (χ2n) is 5.76. The molecule has 138 valence electrons. The van der Waals surface area contributed by atoms with Crippen molar-refractivity contribution in [1.29, 1.82) is 0 Å². The minimum absolute atomic E-state index is 0.212. The van der Waals surface area contributed by atoms with Crippen LogP contribution in [0.3, 0.4) is 0 Å². The Bertz CT molecular complexity index is 720. The lowest BCUT2D eigenvalue weighted by molar-refractivity contribution is -0.896. The van der Waals surface area contributed by atoms with Crippen LogP contribution < -0.4 is 10.2 Å². The summed E-state index contributed by atoms with van der Waals surface area (Å²) in [6, 6.07) is 10.6. The Morgan fingerprint density at radius 1 is 1.15 bits per heavy atom. The highest BCUT2D eigenvalue weighted by Crippen LogP contribution is 2.12. The van der Waals surface area contributed by atoms with E-state index in [1.807, 2.05) is 17.5 Å². The van der Waals surface area contributed by atoms with Gasteiger partial charge in [0.1, 0.15) is 13.2 Å². The maximum atomic E-state index is 12.0. The largest absolute Gasteiger partial charge is 0.456 e. The molecule has 0 spiro atoms. The van der Waals surface area contributed by atoms with Crippen molar-refractivity contribution in [3.63, 3.8) is 0 Å². The van der Waals surface area contributed by atoms with Crippen LogP contribution in [0.5, 0.6) is 0 Å². The van der Waals surface area contributed by atoms with Crippen LogP contribution in [0.2, 0.25) is 0 Å². The molecule has 6 heteroatoms. The zero-order valence-corrected chi connectivity index (χ0v) is 16.0. The number of esters is 1. The highest BCUT2D eigenvalue weighted by Gasteiger charge is 2.09. The second-order valence-corrected chi connectivity index (χ2v) is 6.74. The van der Waals surface area contributed by atoms with E-state index >= 15 is 0 Å². The number of ether oxygens (including phenoxy) is 1. The molecule has 0 bridgehead atoms. The number of carbonyl (C=O) groups excluding carboxylic acids is 2. The second kappa shape index (κ2) is 10.5. The van der Waals surface area contributed by atoms with Crippen LogP contribution in [0.15, 0.2) is 47.9 Å². The van der Waals surface area contributed by atoms with Gasteiger partial charge in [-0.15, -0.1) is 11.3 Å². The van der Waals surface area contributed by atoms with Gasteiger partial charge in [-0.1, -0.05) is 6.07 Å². The molecule has 0 fully saturated rings. The van der Waals surface area contributed by atoms with Gasteiger partial charge in [0, 0.05) is 16.6 Å². The number of rotatable bonds is 9. The molecule has 0 radical (unpaired) electrons. The molecule has 1 aromatic carbocycles. The summed E-state index contributed by atoms with van der Waals surface area (Å²) in [6.07, 6.45) is 3.26. The zero-order chi connectivity index (χ0) is 18.8. The number of thiophene rings is 1. The van der Waals surface area contributed by atoms with Gasteiger partial charge in [0.15, 0.2) is 0 Å². The lowest BCUT2D eigenvalue weighted by Crippen LogP contribution is -3.11. The van der Waals surface area contributed by atoms with Gasteiger partial charge in [0.2, 0.25) is 5.91 Å². The van der Waals surface area contributed by atoms with Gasteiger partial charge in [0.25, 0.3) is 0 Å². The average Bonchev–Trinajstić information content (AvgIpc) is 3.18. The fourth-order valence-electron chi connectivity index (χ4n) is 2.39. The van der Waals surface area contributed by atoms with Crippen LogP contribution in [0, 0.1) is 0 Å². The van der Waals surface area contributed by atoms with Crippen LogP contribution in [0.25, 0.3) is 6.08 Å². The van der Waals surface area contributed by atoms with Crippen LogP contribution in [0.1, 0.15) is 29.1 Å². The molecule has 1 heterocycles. The monoisotopic (exact) mass is 373 g/mol. The lowest BCUT2D eigenvalue weighted by Gasteiger charge is -2.15. The van der Waals surface area contributed by atoms with Crippen LogP contribution in [-0.2, 0) is 9.53 Å².